The zero-order chi connectivity index (χ0) is 20.8. The smallest absolute Gasteiger partial charge is 0.158 e. The third kappa shape index (κ3) is 3.13. The highest BCUT2D eigenvalue weighted by molar-refractivity contribution is 6.35. The summed E-state index contributed by atoms with van der Waals surface area (Å²) in [5.74, 6) is 0.243. The zero-order valence-electron chi connectivity index (χ0n) is 16.4. The Labute approximate surface area is 178 Å². The number of benzene rings is 3. The third-order valence-electron chi connectivity index (χ3n) is 5.72. The molecule has 5 nitrogen and oxygen atoms in total. The number of aromatic nitrogens is 2. The lowest BCUT2D eigenvalue weighted by Gasteiger charge is -2.33. The van der Waals surface area contributed by atoms with Crippen LogP contribution < -0.4 is 4.90 Å². The summed E-state index contributed by atoms with van der Waals surface area (Å²) in [6.07, 6.45) is 1.40. The predicted octanol–water partition coefficient (Wildman–Crippen LogP) is 4.70. The molecule has 30 heavy (non-hydrogen) atoms. The van der Waals surface area contributed by atoms with E-state index in [2.05, 4.69) is 26.8 Å². The molecular weight excluding hydrogens is 403 g/mol. The molecule has 3 aromatic carbocycles. The first kappa shape index (κ1) is 19.0. The van der Waals surface area contributed by atoms with E-state index in [-0.39, 0.29) is 21.9 Å². The monoisotopic (exact) mass is 422 g/mol. The summed E-state index contributed by atoms with van der Waals surface area (Å²) in [5, 5.41) is 12.7. The van der Waals surface area contributed by atoms with Crippen LogP contribution in [0.15, 0.2) is 48.8 Å². The highest BCUT2D eigenvalue weighted by Crippen LogP contribution is 2.41. The molecule has 4 aromatic rings. The zero-order valence-corrected chi connectivity index (χ0v) is 17.2. The molecule has 0 amide bonds. The van der Waals surface area contributed by atoms with Gasteiger partial charge in [0.25, 0.3) is 0 Å². The number of nitrogens with zero attached hydrogens (tertiary/aromatic N) is 4. The van der Waals surface area contributed by atoms with Gasteiger partial charge in [-0.1, -0.05) is 35.9 Å². The highest BCUT2D eigenvalue weighted by Gasteiger charge is 2.23. The van der Waals surface area contributed by atoms with Crippen LogP contribution in [0, 0.1) is 5.82 Å². The summed E-state index contributed by atoms with van der Waals surface area (Å²) in [6, 6.07) is 12.4. The van der Waals surface area contributed by atoms with Crippen LogP contribution >= 0.6 is 11.6 Å². The van der Waals surface area contributed by atoms with Gasteiger partial charge in [-0.15, -0.1) is 0 Å². The van der Waals surface area contributed by atoms with Crippen molar-refractivity contribution in [1.82, 2.24) is 14.9 Å². The standard InChI is InChI=1S/C23H20ClFN4O/c1-28-6-8-29(9-7-28)23-18-12-19(24)20(21(25)22(18)26-13-27-23)17-11-15(30)10-14-4-2-3-5-16(14)17/h2-5,10-13,30H,6-9H2,1H3. The number of hydrogen-bond acceptors (Lipinski definition) is 5. The first-order chi connectivity index (χ1) is 14.5. The van der Waals surface area contributed by atoms with E-state index < -0.39 is 5.82 Å². The van der Waals surface area contributed by atoms with Crippen LogP contribution in [-0.2, 0) is 0 Å². The summed E-state index contributed by atoms with van der Waals surface area (Å²) in [7, 11) is 2.08. The average Bonchev–Trinajstić information content (AvgIpc) is 2.74. The van der Waals surface area contributed by atoms with Crippen molar-refractivity contribution in [2.75, 3.05) is 38.1 Å². The quantitative estimate of drug-likeness (QED) is 0.507. The molecule has 152 valence electrons. The lowest BCUT2D eigenvalue weighted by molar-refractivity contribution is 0.312. The molecule has 1 fully saturated rings. The minimum Gasteiger partial charge on any atom is -0.508 e. The Morgan fingerprint density at radius 3 is 2.57 bits per heavy atom. The fourth-order valence-corrected chi connectivity index (χ4v) is 4.43. The van der Waals surface area contributed by atoms with E-state index in [0.29, 0.717) is 16.8 Å². The van der Waals surface area contributed by atoms with Crippen molar-refractivity contribution in [2.45, 2.75) is 0 Å². The van der Waals surface area contributed by atoms with E-state index in [1.807, 2.05) is 24.3 Å². The lowest BCUT2D eigenvalue weighted by Crippen LogP contribution is -2.44. The Balaban J connectivity index is 1.73. The Hall–Kier alpha value is -2.96. The van der Waals surface area contributed by atoms with Gasteiger partial charge in [-0.05, 0) is 41.6 Å². The minimum absolute atomic E-state index is 0.0556. The molecule has 1 aromatic heterocycles. The molecule has 0 radical (unpaired) electrons. The molecule has 7 heteroatoms. The average molecular weight is 423 g/mol. The van der Waals surface area contributed by atoms with Gasteiger partial charge in [0.05, 0.1) is 5.02 Å². The van der Waals surface area contributed by atoms with Crippen LogP contribution in [0.25, 0.3) is 32.8 Å². The third-order valence-corrected chi connectivity index (χ3v) is 6.02. The molecule has 5 rings (SSSR count). The molecule has 1 aliphatic rings. The normalized spacial score (nSPS) is 15.2. The number of halogens is 2. The van der Waals surface area contributed by atoms with E-state index in [4.69, 9.17) is 11.6 Å². The number of fused-ring (bicyclic) bond motifs is 2. The van der Waals surface area contributed by atoms with E-state index in [0.717, 1.165) is 37.0 Å². The Bertz CT molecular complexity index is 1270. The Kier molecular flexibility index (Phi) is 4.68. The summed E-state index contributed by atoms with van der Waals surface area (Å²) >= 11 is 6.63. The second-order valence-corrected chi connectivity index (χ2v) is 8.05. The van der Waals surface area contributed by atoms with Gasteiger partial charge in [-0.3, -0.25) is 0 Å². The second-order valence-electron chi connectivity index (χ2n) is 7.65. The number of phenolic OH excluding ortho intramolecular Hbond substituents is 1. The molecule has 1 saturated heterocycles. The van der Waals surface area contributed by atoms with Crippen molar-refractivity contribution in [1.29, 1.82) is 0 Å². The number of anilines is 1. The van der Waals surface area contributed by atoms with Crippen molar-refractivity contribution in [3.05, 3.63) is 59.6 Å². The molecule has 0 bridgehead atoms. The van der Waals surface area contributed by atoms with Crippen LogP contribution in [0.3, 0.4) is 0 Å². The fraction of sp³-hybridized carbons (Fsp3) is 0.217. The van der Waals surface area contributed by atoms with Crippen LogP contribution in [-0.4, -0.2) is 53.2 Å². The maximum absolute atomic E-state index is 15.8. The minimum atomic E-state index is -0.508. The van der Waals surface area contributed by atoms with Crippen molar-refractivity contribution >= 4 is 39.1 Å². The molecule has 0 unspecified atom stereocenters. The van der Waals surface area contributed by atoms with Crippen molar-refractivity contribution < 1.29 is 9.50 Å². The summed E-state index contributed by atoms with van der Waals surface area (Å²) in [6.45, 7) is 3.44. The molecule has 0 spiro atoms. The lowest BCUT2D eigenvalue weighted by atomic mass is 9.96. The second kappa shape index (κ2) is 7.38. The summed E-state index contributed by atoms with van der Waals surface area (Å²) < 4.78 is 15.8. The Morgan fingerprint density at radius 2 is 1.77 bits per heavy atom. The first-order valence-electron chi connectivity index (χ1n) is 9.81. The molecule has 1 aliphatic heterocycles. The van der Waals surface area contributed by atoms with Gasteiger partial charge in [0.15, 0.2) is 5.82 Å². The van der Waals surface area contributed by atoms with Gasteiger partial charge in [-0.25, -0.2) is 14.4 Å². The van der Waals surface area contributed by atoms with Crippen LogP contribution in [0.2, 0.25) is 5.02 Å². The van der Waals surface area contributed by atoms with Gasteiger partial charge >= 0.3 is 0 Å². The van der Waals surface area contributed by atoms with Crippen LogP contribution in [0.5, 0.6) is 5.75 Å². The number of aromatic hydroxyl groups is 1. The maximum atomic E-state index is 15.8. The van der Waals surface area contributed by atoms with Gasteiger partial charge in [0.2, 0.25) is 0 Å². The van der Waals surface area contributed by atoms with Crippen LogP contribution in [0.4, 0.5) is 10.2 Å². The molecular formula is C23H20ClFN4O. The number of rotatable bonds is 2. The van der Waals surface area contributed by atoms with E-state index in [1.54, 1.807) is 18.2 Å². The molecule has 0 saturated carbocycles. The fourth-order valence-electron chi connectivity index (χ4n) is 4.13. The number of hydrogen-bond donors (Lipinski definition) is 1. The first-order valence-corrected chi connectivity index (χ1v) is 10.2. The maximum Gasteiger partial charge on any atom is 0.158 e. The van der Waals surface area contributed by atoms with Gasteiger partial charge in [0.1, 0.15) is 23.4 Å². The summed E-state index contributed by atoms with van der Waals surface area (Å²) in [4.78, 5) is 13.1. The molecule has 1 N–H and O–H groups in total. The topological polar surface area (TPSA) is 52.5 Å². The molecule has 2 heterocycles. The Morgan fingerprint density at radius 1 is 1.00 bits per heavy atom. The van der Waals surface area contributed by atoms with Crippen LogP contribution in [0.1, 0.15) is 0 Å². The van der Waals surface area contributed by atoms with Crippen molar-refractivity contribution in [3.8, 4) is 16.9 Å². The van der Waals surface area contributed by atoms with Gasteiger partial charge in [0, 0.05) is 37.1 Å². The van der Waals surface area contributed by atoms with Gasteiger partial charge in [-0.2, -0.15) is 0 Å². The van der Waals surface area contributed by atoms with E-state index >= 15 is 4.39 Å². The van der Waals surface area contributed by atoms with Crippen molar-refractivity contribution in [2.24, 2.45) is 0 Å². The predicted molar refractivity (Wildman–Crippen MR) is 119 cm³/mol. The summed E-state index contributed by atoms with van der Waals surface area (Å²) in [5.41, 5.74) is 1.000. The number of phenols is 1. The molecule has 0 atom stereocenters. The largest absolute Gasteiger partial charge is 0.508 e. The molecule has 0 aliphatic carbocycles. The number of piperazine rings is 1. The van der Waals surface area contributed by atoms with Crippen molar-refractivity contribution in [3.63, 3.8) is 0 Å². The highest BCUT2D eigenvalue weighted by atomic mass is 35.5. The van der Waals surface area contributed by atoms with E-state index in [1.165, 1.54) is 6.33 Å². The number of likely N-dealkylation sites (N-methyl/N-ethyl adjacent to an activating group) is 1. The van der Waals surface area contributed by atoms with Gasteiger partial charge < -0.3 is 14.9 Å². The SMILES string of the molecule is CN1CCN(c2ncnc3c(F)c(-c4cc(O)cc5ccccc45)c(Cl)cc23)CC1. The van der Waals surface area contributed by atoms with E-state index in [9.17, 15) is 5.11 Å².